The first-order valence-electron chi connectivity index (χ1n) is 11.2. The van der Waals surface area contributed by atoms with Crippen molar-refractivity contribution in [2.24, 2.45) is 17.8 Å². The van der Waals surface area contributed by atoms with Crippen LogP contribution in [0.4, 0.5) is 5.69 Å². The molecule has 1 heterocycles. The highest BCUT2D eigenvalue weighted by molar-refractivity contribution is 7.15. The SMILES string of the molecule is COC(=O)c1sc(C#CC(C)C)cc1N(CC(=O)OC(C)(C)C)C(=O)[C@H]1CC[C@H](C)CC1. The lowest BCUT2D eigenvalue weighted by molar-refractivity contribution is -0.153. The molecule has 1 aromatic heterocycles. The Morgan fingerprint density at radius 2 is 1.81 bits per heavy atom. The largest absolute Gasteiger partial charge is 0.465 e. The Kier molecular flexibility index (Phi) is 8.91. The van der Waals surface area contributed by atoms with E-state index in [9.17, 15) is 14.4 Å². The second-order valence-corrected chi connectivity index (χ2v) is 10.8. The number of hydrogen-bond acceptors (Lipinski definition) is 6. The Hall–Kier alpha value is -2.33. The van der Waals surface area contributed by atoms with E-state index in [0.717, 1.165) is 25.7 Å². The van der Waals surface area contributed by atoms with Crippen molar-refractivity contribution in [2.45, 2.75) is 72.8 Å². The monoisotopic (exact) mass is 461 g/mol. The van der Waals surface area contributed by atoms with Gasteiger partial charge in [-0.15, -0.1) is 11.3 Å². The number of nitrogens with zero attached hydrogens (tertiary/aromatic N) is 1. The number of amides is 1. The van der Waals surface area contributed by atoms with Crippen molar-refractivity contribution in [3.63, 3.8) is 0 Å². The van der Waals surface area contributed by atoms with Crippen molar-refractivity contribution in [1.82, 2.24) is 0 Å². The highest BCUT2D eigenvalue weighted by Crippen LogP contribution is 2.35. The highest BCUT2D eigenvalue weighted by Gasteiger charge is 2.34. The lowest BCUT2D eigenvalue weighted by Crippen LogP contribution is -2.43. The second-order valence-electron chi connectivity index (χ2n) is 9.71. The standard InChI is InChI=1S/C25H35NO5S/c1-16(2)8-13-19-14-20(22(32-19)24(29)30-7)26(15-21(27)31-25(4,5)6)23(28)18-11-9-17(3)10-12-18/h14,16-18H,9-12,15H2,1-7H3/t17-,18-. The molecular weight excluding hydrogens is 426 g/mol. The van der Waals surface area contributed by atoms with Crippen molar-refractivity contribution in [3.05, 3.63) is 15.8 Å². The Labute approximate surface area is 195 Å². The fourth-order valence-corrected chi connectivity index (χ4v) is 4.55. The predicted molar refractivity (Wildman–Crippen MR) is 127 cm³/mol. The summed E-state index contributed by atoms with van der Waals surface area (Å²) in [6, 6.07) is 1.71. The van der Waals surface area contributed by atoms with Gasteiger partial charge in [-0.3, -0.25) is 14.5 Å². The zero-order chi connectivity index (χ0) is 24.1. The zero-order valence-electron chi connectivity index (χ0n) is 20.2. The van der Waals surface area contributed by atoms with E-state index in [4.69, 9.17) is 9.47 Å². The summed E-state index contributed by atoms with van der Waals surface area (Å²) in [5.41, 5.74) is -0.316. The molecule has 1 saturated carbocycles. The number of hydrogen-bond donors (Lipinski definition) is 0. The molecule has 0 aromatic carbocycles. The summed E-state index contributed by atoms with van der Waals surface area (Å²) in [5, 5.41) is 0. The maximum atomic E-state index is 13.6. The van der Waals surface area contributed by atoms with Crippen molar-refractivity contribution in [1.29, 1.82) is 0 Å². The summed E-state index contributed by atoms with van der Waals surface area (Å²) in [4.78, 5) is 41.1. The number of methoxy groups -OCH3 is 1. The average molecular weight is 462 g/mol. The van der Waals surface area contributed by atoms with Gasteiger partial charge in [0, 0.05) is 11.8 Å². The van der Waals surface area contributed by atoms with Crippen molar-refractivity contribution in [3.8, 4) is 11.8 Å². The molecule has 1 aliphatic rings. The molecule has 0 unspecified atom stereocenters. The minimum atomic E-state index is -0.681. The molecule has 1 amide bonds. The van der Waals surface area contributed by atoms with Crippen LogP contribution in [0.1, 0.15) is 81.8 Å². The lowest BCUT2D eigenvalue weighted by atomic mass is 9.82. The fourth-order valence-electron chi connectivity index (χ4n) is 3.61. The summed E-state index contributed by atoms with van der Waals surface area (Å²) < 4.78 is 10.4. The first-order chi connectivity index (χ1) is 14.9. The molecular formula is C25H35NO5S. The summed E-state index contributed by atoms with van der Waals surface area (Å²) in [6.07, 6.45) is 3.47. The van der Waals surface area contributed by atoms with Crippen LogP contribution in [0.3, 0.4) is 0 Å². The van der Waals surface area contributed by atoms with Gasteiger partial charge in [0.15, 0.2) is 0 Å². The Morgan fingerprint density at radius 3 is 2.34 bits per heavy atom. The molecule has 0 aliphatic heterocycles. The van der Waals surface area contributed by atoms with Crippen LogP contribution in [0, 0.1) is 29.6 Å². The molecule has 176 valence electrons. The third kappa shape index (κ3) is 7.37. The number of rotatable bonds is 5. The van der Waals surface area contributed by atoms with E-state index in [-0.39, 0.29) is 29.2 Å². The van der Waals surface area contributed by atoms with Crippen LogP contribution in [-0.2, 0) is 19.1 Å². The second kappa shape index (κ2) is 11.0. The predicted octanol–water partition coefficient (Wildman–Crippen LogP) is 5.04. The summed E-state index contributed by atoms with van der Waals surface area (Å²) in [5.74, 6) is 5.46. The minimum absolute atomic E-state index is 0.158. The number of anilines is 1. The fraction of sp³-hybridized carbons (Fsp3) is 0.640. The normalized spacial score (nSPS) is 18.5. The van der Waals surface area contributed by atoms with Gasteiger partial charge in [-0.25, -0.2) is 4.79 Å². The van der Waals surface area contributed by atoms with Crippen LogP contribution in [0.2, 0.25) is 0 Å². The van der Waals surface area contributed by atoms with Crippen LogP contribution in [0.25, 0.3) is 0 Å². The molecule has 0 atom stereocenters. The van der Waals surface area contributed by atoms with E-state index in [2.05, 4.69) is 18.8 Å². The van der Waals surface area contributed by atoms with Gasteiger partial charge in [-0.1, -0.05) is 32.6 Å². The van der Waals surface area contributed by atoms with Gasteiger partial charge in [0.1, 0.15) is 17.0 Å². The molecule has 0 bridgehead atoms. The quantitative estimate of drug-likeness (QED) is 0.454. The van der Waals surface area contributed by atoms with Crippen molar-refractivity contribution in [2.75, 3.05) is 18.6 Å². The lowest BCUT2D eigenvalue weighted by Gasteiger charge is -2.31. The van der Waals surface area contributed by atoms with Crippen LogP contribution in [0.5, 0.6) is 0 Å². The smallest absolute Gasteiger partial charge is 0.350 e. The number of carbonyl (C=O) groups excluding carboxylic acids is 3. The maximum Gasteiger partial charge on any atom is 0.350 e. The van der Waals surface area contributed by atoms with Crippen LogP contribution in [0.15, 0.2) is 6.07 Å². The van der Waals surface area contributed by atoms with E-state index in [1.807, 2.05) is 13.8 Å². The molecule has 1 fully saturated rings. The highest BCUT2D eigenvalue weighted by atomic mass is 32.1. The van der Waals surface area contributed by atoms with E-state index in [1.54, 1.807) is 26.8 Å². The van der Waals surface area contributed by atoms with E-state index in [0.29, 0.717) is 16.5 Å². The van der Waals surface area contributed by atoms with Crippen LogP contribution < -0.4 is 4.90 Å². The van der Waals surface area contributed by atoms with Gasteiger partial charge < -0.3 is 9.47 Å². The third-order valence-corrected chi connectivity index (χ3v) is 6.22. The molecule has 0 spiro atoms. The maximum absolute atomic E-state index is 13.6. The number of carbonyl (C=O) groups is 3. The van der Waals surface area contributed by atoms with Gasteiger partial charge in [-0.2, -0.15) is 0 Å². The first kappa shape index (κ1) is 25.9. The number of thiophene rings is 1. The third-order valence-electron chi connectivity index (χ3n) is 5.20. The number of esters is 2. The summed E-state index contributed by atoms with van der Waals surface area (Å²) >= 11 is 1.17. The van der Waals surface area contributed by atoms with Crippen LogP contribution >= 0.6 is 11.3 Å². The molecule has 2 rings (SSSR count). The average Bonchev–Trinajstić information content (AvgIpc) is 3.12. The topological polar surface area (TPSA) is 72.9 Å². The molecule has 1 aliphatic carbocycles. The Balaban J connectivity index is 2.47. The number of ether oxygens (including phenoxy) is 2. The van der Waals surface area contributed by atoms with E-state index >= 15 is 0 Å². The van der Waals surface area contributed by atoms with Gasteiger partial charge in [0.25, 0.3) is 0 Å². The molecule has 1 aromatic rings. The van der Waals surface area contributed by atoms with Crippen molar-refractivity contribution < 1.29 is 23.9 Å². The summed E-state index contributed by atoms with van der Waals surface area (Å²) in [7, 11) is 1.30. The zero-order valence-corrected chi connectivity index (χ0v) is 21.1. The van der Waals surface area contributed by atoms with Gasteiger partial charge in [-0.05, 0) is 58.4 Å². The summed E-state index contributed by atoms with van der Waals surface area (Å²) in [6.45, 7) is 11.2. The van der Waals surface area contributed by atoms with E-state index < -0.39 is 17.5 Å². The van der Waals surface area contributed by atoms with Crippen LogP contribution in [-0.4, -0.2) is 37.1 Å². The van der Waals surface area contributed by atoms with Gasteiger partial charge in [0.2, 0.25) is 5.91 Å². The van der Waals surface area contributed by atoms with Gasteiger partial charge >= 0.3 is 11.9 Å². The molecule has 7 heteroatoms. The Bertz CT molecular complexity index is 892. The molecule has 0 radical (unpaired) electrons. The van der Waals surface area contributed by atoms with E-state index in [1.165, 1.54) is 23.3 Å². The first-order valence-corrected chi connectivity index (χ1v) is 12.0. The minimum Gasteiger partial charge on any atom is -0.465 e. The molecule has 0 N–H and O–H groups in total. The molecule has 32 heavy (non-hydrogen) atoms. The molecule has 6 nitrogen and oxygen atoms in total. The molecule has 0 saturated heterocycles. The van der Waals surface area contributed by atoms with Gasteiger partial charge in [0.05, 0.1) is 17.7 Å². The van der Waals surface area contributed by atoms with Crippen molar-refractivity contribution >= 4 is 34.9 Å². The Morgan fingerprint density at radius 1 is 1.19 bits per heavy atom.